The maximum atomic E-state index is 9.21. The number of aromatic amines is 1. The third-order valence-corrected chi connectivity index (χ3v) is 2.68. The topological polar surface area (TPSA) is 83.8 Å². The van der Waals surface area contributed by atoms with Crippen molar-refractivity contribution in [1.82, 2.24) is 15.2 Å². The highest BCUT2D eigenvalue weighted by molar-refractivity contribution is 5.87. The molecule has 6 nitrogen and oxygen atoms in total. The molecule has 1 aromatic heterocycles. The maximum absolute atomic E-state index is 9.21. The monoisotopic (exact) mass is 270 g/mol. The molecular weight excluding hydrogens is 256 g/mol. The van der Waals surface area contributed by atoms with E-state index in [0.29, 0.717) is 28.7 Å². The molecule has 2 rings (SSSR count). The van der Waals surface area contributed by atoms with Crippen LogP contribution in [0.4, 0.5) is 0 Å². The van der Waals surface area contributed by atoms with Gasteiger partial charge in [0.05, 0.1) is 19.8 Å². The van der Waals surface area contributed by atoms with E-state index in [-0.39, 0.29) is 0 Å². The fraction of sp³-hybridized carbons (Fsp3) is 0.214. The van der Waals surface area contributed by atoms with Gasteiger partial charge in [0.1, 0.15) is 11.9 Å². The Morgan fingerprint density at radius 1 is 1.30 bits per heavy atom. The molecule has 0 radical (unpaired) electrons. The lowest BCUT2D eigenvalue weighted by molar-refractivity contribution is 0.355. The third-order valence-electron chi connectivity index (χ3n) is 2.68. The molecule has 0 saturated heterocycles. The Morgan fingerprint density at radius 3 is 2.60 bits per heavy atom. The third kappa shape index (κ3) is 2.78. The van der Waals surface area contributed by atoms with Crippen LogP contribution in [0.15, 0.2) is 18.2 Å². The second kappa shape index (κ2) is 5.89. The molecule has 2 aromatic rings. The lowest BCUT2D eigenvalue weighted by atomic mass is 10.1. The van der Waals surface area contributed by atoms with Crippen LogP contribution < -0.4 is 9.47 Å². The number of hydrogen-bond donors (Lipinski definition) is 1. The number of nitriles is 1. The molecule has 0 fully saturated rings. The molecule has 1 aromatic carbocycles. The summed E-state index contributed by atoms with van der Waals surface area (Å²) >= 11 is 0. The Kier molecular flexibility index (Phi) is 4.01. The summed E-state index contributed by atoms with van der Waals surface area (Å²) in [6.07, 6.45) is 1.70. The van der Waals surface area contributed by atoms with Gasteiger partial charge in [0, 0.05) is 0 Å². The van der Waals surface area contributed by atoms with Crippen LogP contribution in [0.2, 0.25) is 0 Å². The summed E-state index contributed by atoms with van der Waals surface area (Å²) in [5.41, 5.74) is 1.18. The van der Waals surface area contributed by atoms with Crippen LogP contribution in [-0.4, -0.2) is 29.4 Å². The van der Waals surface area contributed by atoms with Crippen molar-refractivity contribution in [2.75, 3.05) is 14.2 Å². The van der Waals surface area contributed by atoms with Crippen molar-refractivity contribution in [1.29, 1.82) is 5.26 Å². The van der Waals surface area contributed by atoms with Crippen LogP contribution >= 0.6 is 0 Å². The Balaban J connectivity index is 2.40. The van der Waals surface area contributed by atoms with Gasteiger partial charge in [0.15, 0.2) is 17.3 Å². The first-order valence-electron chi connectivity index (χ1n) is 5.91. The Bertz CT molecular complexity index is 683. The van der Waals surface area contributed by atoms with Gasteiger partial charge in [-0.25, -0.2) is 4.98 Å². The van der Waals surface area contributed by atoms with Crippen LogP contribution in [0.1, 0.15) is 17.2 Å². The van der Waals surface area contributed by atoms with Crippen LogP contribution in [0.25, 0.3) is 11.6 Å². The summed E-state index contributed by atoms with van der Waals surface area (Å²) < 4.78 is 10.4. The highest BCUT2D eigenvalue weighted by Crippen LogP contribution is 2.29. The Hall–Kier alpha value is -2.81. The lowest BCUT2D eigenvalue weighted by Crippen LogP contribution is -1.91. The number of rotatable bonds is 4. The number of aryl methyl sites for hydroxylation is 1. The number of hydrogen-bond acceptors (Lipinski definition) is 5. The van der Waals surface area contributed by atoms with E-state index in [4.69, 9.17) is 9.47 Å². The average Bonchev–Trinajstić information content (AvgIpc) is 2.90. The van der Waals surface area contributed by atoms with Gasteiger partial charge < -0.3 is 9.47 Å². The Labute approximate surface area is 116 Å². The largest absolute Gasteiger partial charge is 0.493 e. The highest BCUT2D eigenvalue weighted by atomic mass is 16.5. The predicted molar refractivity (Wildman–Crippen MR) is 74.1 cm³/mol. The van der Waals surface area contributed by atoms with E-state index in [9.17, 15) is 5.26 Å². The van der Waals surface area contributed by atoms with Crippen LogP contribution in [-0.2, 0) is 0 Å². The molecule has 0 aliphatic heterocycles. The van der Waals surface area contributed by atoms with E-state index in [1.807, 2.05) is 6.07 Å². The fourth-order valence-electron chi connectivity index (χ4n) is 1.72. The number of ether oxygens (including phenoxy) is 2. The first kappa shape index (κ1) is 13.6. The van der Waals surface area contributed by atoms with Crippen molar-refractivity contribution in [3.63, 3.8) is 0 Å². The van der Waals surface area contributed by atoms with Crippen LogP contribution in [0, 0.1) is 18.3 Å². The number of H-pyrrole nitrogens is 1. The van der Waals surface area contributed by atoms with Crippen LogP contribution in [0.5, 0.6) is 11.5 Å². The van der Waals surface area contributed by atoms with E-state index in [2.05, 4.69) is 21.3 Å². The minimum atomic E-state index is 0.375. The zero-order chi connectivity index (χ0) is 14.5. The molecule has 1 N–H and O–H groups in total. The molecule has 0 unspecified atom stereocenters. The summed E-state index contributed by atoms with van der Waals surface area (Å²) in [5.74, 6) is 2.27. The molecule has 0 spiro atoms. The number of nitrogens with one attached hydrogen (secondary N) is 1. The molecule has 1 heterocycles. The number of methoxy groups -OCH3 is 2. The molecule has 0 aliphatic rings. The summed E-state index contributed by atoms with van der Waals surface area (Å²) in [7, 11) is 3.14. The molecular formula is C14H14N4O2. The standard InChI is InChI=1S/C14H14N4O2/c1-9-16-14(18-17-9)11(8-15)6-10-4-5-12(19-2)13(7-10)20-3/h4-7H,1-3H3,(H,16,17,18)/b11-6+. The molecule has 0 aliphatic carbocycles. The number of allylic oxidation sites excluding steroid dienone is 1. The maximum Gasteiger partial charge on any atom is 0.191 e. The van der Waals surface area contributed by atoms with E-state index in [1.165, 1.54) is 0 Å². The van der Waals surface area contributed by atoms with Crippen molar-refractivity contribution in [2.24, 2.45) is 0 Å². The summed E-state index contributed by atoms with van der Waals surface area (Å²) in [6.45, 7) is 1.78. The lowest BCUT2D eigenvalue weighted by Gasteiger charge is -2.07. The van der Waals surface area contributed by atoms with Gasteiger partial charge in [-0.1, -0.05) is 6.07 Å². The average molecular weight is 270 g/mol. The van der Waals surface area contributed by atoms with Gasteiger partial charge in [-0.3, -0.25) is 5.10 Å². The highest BCUT2D eigenvalue weighted by Gasteiger charge is 2.08. The summed E-state index contributed by atoms with van der Waals surface area (Å²) in [6, 6.07) is 7.49. The molecule has 6 heteroatoms. The smallest absolute Gasteiger partial charge is 0.191 e. The van der Waals surface area contributed by atoms with Gasteiger partial charge in [-0.2, -0.15) is 10.4 Å². The molecule has 20 heavy (non-hydrogen) atoms. The first-order valence-corrected chi connectivity index (χ1v) is 5.91. The normalized spacial score (nSPS) is 11.0. The number of aromatic nitrogens is 3. The fourth-order valence-corrected chi connectivity index (χ4v) is 1.72. The molecule has 0 bridgehead atoms. The van der Waals surface area contributed by atoms with Gasteiger partial charge in [-0.15, -0.1) is 0 Å². The van der Waals surface area contributed by atoms with Gasteiger partial charge in [0.25, 0.3) is 0 Å². The molecule has 0 atom stereocenters. The van der Waals surface area contributed by atoms with E-state index >= 15 is 0 Å². The summed E-state index contributed by atoms with van der Waals surface area (Å²) in [4.78, 5) is 4.14. The number of nitrogens with zero attached hydrogens (tertiary/aromatic N) is 3. The first-order chi connectivity index (χ1) is 9.67. The van der Waals surface area contributed by atoms with Crippen molar-refractivity contribution in [2.45, 2.75) is 6.92 Å². The molecule has 0 saturated carbocycles. The minimum Gasteiger partial charge on any atom is -0.493 e. The van der Waals surface area contributed by atoms with E-state index in [1.54, 1.807) is 39.4 Å². The van der Waals surface area contributed by atoms with Crippen molar-refractivity contribution in [3.8, 4) is 17.6 Å². The predicted octanol–water partition coefficient (Wildman–Crippen LogP) is 2.19. The number of benzene rings is 1. The minimum absolute atomic E-state index is 0.375. The Morgan fingerprint density at radius 2 is 2.05 bits per heavy atom. The van der Waals surface area contributed by atoms with Crippen molar-refractivity contribution >= 4 is 11.6 Å². The van der Waals surface area contributed by atoms with Crippen molar-refractivity contribution in [3.05, 3.63) is 35.4 Å². The van der Waals surface area contributed by atoms with E-state index < -0.39 is 0 Å². The zero-order valence-electron chi connectivity index (χ0n) is 11.5. The second-order valence-corrected chi connectivity index (χ2v) is 4.03. The molecule has 102 valence electrons. The molecule has 0 amide bonds. The van der Waals surface area contributed by atoms with Gasteiger partial charge in [0.2, 0.25) is 0 Å². The van der Waals surface area contributed by atoms with E-state index in [0.717, 1.165) is 5.56 Å². The zero-order valence-corrected chi connectivity index (χ0v) is 11.5. The second-order valence-electron chi connectivity index (χ2n) is 4.03. The van der Waals surface area contributed by atoms with Gasteiger partial charge in [-0.05, 0) is 30.7 Å². The SMILES string of the molecule is COc1ccc(/C=C(\C#N)c2n[nH]c(C)n2)cc1OC. The van der Waals surface area contributed by atoms with Gasteiger partial charge >= 0.3 is 0 Å². The summed E-state index contributed by atoms with van der Waals surface area (Å²) in [5, 5.41) is 15.9. The quantitative estimate of drug-likeness (QED) is 0.861. The van der Waals surface area contributed by atoms with Crippen molar-refractivity contribution < 1.29 is 9.47 Å². The van der Waals surface area contributed by atoms with Crippen LogP contribution in [0.3, 0.4) is 0 Å².